The van der Waals surface area contributed by atoms with E-state index in [1.54, 1.807) is 20.8 Å². The molecule has 2 rings (SSSR count). The molecule has 1 amide bonds. The van der Waals surface area contributed by atoms with Crippen LogP contribution >= 0.6 is 0 Å². The van der Waals surface area contributed by atoms with Crippen LogP contribution in [0.2, 0.25) is 0 Å². The highest BCUT2D eigenvalue weighted by atomic mass is 19.4. The van der Waals surface area contributed by atoms with E-state index in [0.29, 0.717) is 24.9 Å². The van der Waals surface area contributed by atoms with Crippen molar-refractivity contribution in [2.24, 2.45) is 0 Å². The number of benzene rings is 1. The quantitative estimate of drug-likeness (QED) is 0.892. The molecule has 0 aromatic heterocycles. The lowest BCUT2D eigenvalue weighted by atomic mass is 9.97. The number of rotatable bonds is 4. The van der Waals surface area contributed by atoms with E-state index >= 15 is 0 Å². The van der Waals surface area contributed by atoms with E-state index in [9.17, 15) is 23.1 Å². The summed E-state index contributed by atoms with van der Waals surface area (Å²) in [7, 11) is 0. The van der Waals surface area contributed by atoms with Crippen molar-refractivity contribution in [1.29, 1.82) is 0 Å². The summed E-state index contributed by atoms with van der Waals surface area (Å²) in [4.78, 5) is 13.7. The summed E-state index contributed by atoms with van der Waals surface area (Å²) in [6, 6.07) is 4.40. The van der Waals surface area contributed by atoms with E-state index in [2.05, 4.69) is 0 Å². The number of nitrogens with zero attached hydrogens (tertiary/aromatic N) is 1. The Kier molecular flexibility index (Phi) is 5.13. The van der Waals surface area contributed by atoms with Gasteiger partial charge in [0.15, 0.2) is 0 Å². The monoisotopic (exact) mass is 345 g/mol. The molecule has 2 atom stereocenters. The van der Waals surface area contributed by atoms with Crippen molar-refractivity contribution >= 4 is 6.09 Å². The second kappa shape index (κ2) is 6.63. The van der Waals surface area contributed by atoms with Crippen LogP contribution in [0.15, 0.2) is 24.3 Å². The summed E-state index contributed by atoms with van der Waals surface area (Å²) < 4.78 is 43.2. The highest BCUT2D eigenvalue weighted by Gasteiger charge is 2.34. The Hall–Kier alpha value is -1.76. The van der Waals surface area contributed by atoms with Crippen molar-refractivity contribution in [3.8, 4) is 0 Å². The number of hydrogen-bond donors (Lipinski definition) is 1. The molecule has 1 fully saturated rings. The van der Waals surface area contributed by atoms with Crippen LogP contribution in [0.3, 0.4) is 0 Å². The van der Waals surface area contributed by atoms with E-state index < -0.39 is 23.4 Å². The number of hydrogen-bond acceptors (Lipinski definition) is 3. The van der Waals surface area contributed by atoms with E-state index in [-0.39, 0.29) is 12.1 Å². The molecule has 1 saturated heterocycles. The van der Waals surface area contributed by atoms with Gasteiger partial charge >= 0.3 is 12.3 Å². The SMILES string of the molecule is CC(c1ccc(C(F)(F)F)cc1)N1CCC(CC(C)(C)O)OC1=O. The fourth-order valence-electron chi connectivity index (χ4n) is 2.83. The summed E-state index contributed by atoms with van der Waals surface area (Å²) in [5.41, 5.74) is -1.03. The van der Waals surface area contributed by atoms with Gasteiger partial charge in [0, 0.05) is 19.4 Å². The van der Waals surface area contributed by atoms with Gasteiger partial charge in [0.1, 0.15) is 6.10 Å². The number of halogens is 3. The average molecular weight is 345 g/mol. The zero-order valence-electron chi connectivity index (χ0n) is 13.9. The summed E-state index contributed by atoms with van der Waals surface area (Å²) in [5, 5.41) is 9.80. The van der Waals surface area contributed by atoms with Crippen molar-refractivity contribution in [2.45, 2.75) is 57.5 Å². The van der Waals surface area contributed by atoms with Crippen LogP contribution in [0.4, 0.5) is 18.0 Å². The third-order valence-corrected chi connectivity index (χ3v) is 4.11. The predicted octanol–water partition coefficient (Wildman–Crippen LogP) is 4.14. The topological polar surface area (TPSA) is 49.8 Å². The molecule has 4 nitrogen and oxygen atoms in total. The Morgan fingerprint density at radius 1 is 1.29 bits per heavy atom. The summed E-state index contributed by atoms with van der Waals surface area (Å²) in [6.45, 7) is 5.48. The van der Waals surface area contributed by atoms with Crippen molar-refractivity contribution in [2.75, 3.05) is 6.54 Å². The number of carbonyl (C=O) groups excluding carboxylic acids is 1. The minimum absolute atomic E-state index is 0.348. The second-order valence-electron chi connectivity index (χ2n) is 6.80. The Morgan fingerprint density at radius 3 is 2.33 bits per heavy atom. The van der Waals surface area contributed by atoms with Gasteiger partial charge in [-0.3, -0.25) is 0 Å². The van der Waals surface area contributed by atoms with Gasteiger partial charge in [-0.05, 0) is 38.5 Å². The van der Waals surface area contributed by atoms with Gasteiger partial charge < -0.3 is 14.7 Å². The average Bonchev–Trinajstić information content (AvgIpc) is 2.44. The molecule has 0 aliphatic carbocycles. The first-order valence-corrected chi connectivity index (χ1v) is 7.84. The number of aliphatic hydroxyl groups is 1. The molecule has 0 radical (unpaired) electrons. The molecule has 1 aliphatic rings. The van der Waals surface area contributed by atoms with E-state index in [0.717, 1.165) is 12.1 Å². The van der Waals surface area contributed by atoms with Gasteiger partial charge in [-0.25, -0.2) is 4.79 Å². The molecule has 0 saturated carbocycles. The standard InChI is InChI=1S/C17H22F3NO3/c1-11(12-4-6-13(7-5-12)17(18,19)20)21-9-8-14(24-15(21)22)10-16(2,3)23/h4-7,11,14,23H,8-10H2,1-3H3. The van der Waals surface area contributed by atoms with Crippen LogP contribution in [0.25, 0.3) is 0 Å². The highest BCUT2D eigenvalue weighted by molar-refractivity contribution is 5.69. The zero-order chi connectivity index (χ0) is 18.1. The molecule has 134 valence electrons. The molecule has 1 heterocycles. The van der Waals surface area contributed by atoms with Crippen LogP contribution in [0, 0.1) is 0 Å². The number of carbonyl (C=O) groups is 1. The molecule has 1 aromatic carbocycles. The molecular weight excluding hydrogens is 323 g/mol. The van der Waals surface area contributed by atoms with Gasteiger partial charge in [-0.15, -0.1) is 0 Å². The molecule has 0 bridgehead atoms. The van der Waals surface area contributed by atoms with Crippen LogP contribution in [0.1, 0.15) is 50.8 Å². The van der Waals surface area contributed by atoms with Gasteiger partial charge in [0.05, 0.1) is 17.2 Å². The number of cyclic esters (lactones) is 1. The lowest BCUT2D eigenvalue weighted by Gasteiger charge is -2.37. The van der Waals surface area contributed by atoms with Gasteiger partial charge in [0.2, 0.25) is 0 Å². The molecule has 1 aliphatic heterocycles. The van der Waals surface area contributed by atoms with Gasteiger partial charge in [-0.2, -0.15) is 13.2 Å². The number of ether oxygens (including phenoxy) is 1. The lowest BCUT2D eigenvalue weighted by molar-refractivity contribution is -0.137. The normalized spacial score (nSPS) is 20.7. The number of alkyl halides is 3. The largest absolute Gasteiger partial charge is 0.446 e. The first-order chi connectivity index (χ1) is 11.0. The summed E-state index contributed by atoms with van der Waals surface area (Å²) in [5.74, 6) is 0. The van der Waals surface area contributed by atoms with Crippen LogP contribution in [-0.4, -0.2) is 34.3 Å². The van der Waals surface area contributed by atoms with E-state index in [1.165, 1.54) is 17.0 Å². The Labute approximate surface area is 139 Å². The molecule has 1 aromatic rings. The minimum atomic E-state index is -4.38. The number of amides is 1. The molecule has 2 unspecified atom stereocenters. The maximum absolute atomic E-state index is 12.6. The smallest absolute Gasteiger partial charge is 0.416 e. The summed E-state index contributed by atoms with van der Waals surface area (Å²) >= 11 is 0. The Morgan fingerprint density at radius 2 is 1.88 bits per heavy atom. The second-order valence-corrected chi connectivity index (χ2v) is 6.80. The van der Waals surface area contributed by atoms with Crippen LogP contribution in [0.5, 0.6) is 0 Å². The molecule has 0 spiro atoms. The third-order valence-electron chi connectivity index (χ3n) is 4.11. The summed E-state index contributed by atoms with van der Waals surface area (Å²) in [6.07, 6.45) is -4.32. The zero-order valence-corrected chi connectivity index (χ0v) is 13.9. The maximum Gasteiger partial charge on any atom is 0.416 e. The Balaban J connectivity index is 2.03. The van der Waals surface area contributed by atoms with Crippen molar-refractivity contribution in [1.82, 2.24) is 4.90 Å². The van der Waals surface area contributed by atoms with Crippen molar-refractivity contribution < 1.29 is 27.8 Å². The first kappa shape index (κ1) is 18.6. The minimum Gasteiger partial charge on any atom is -0.446 e. The van der Waals surface area contributed by atoms with Crippen LogP contribution < -0.4 is 0 Å². The van der Waals surface area contributed by atoms with Gasteiger partial charge in [-0.1, -0.05) is 12.1 Å². The van der Waals surface area contributed by atoms with Crippen LogP contribution in [-0.2, 0) is 10.9 Å². The molecule has 1 N–H and O–H groups in total. The van der Waals surface area contributed by atoms with Crippen molar-refractivity contribution in [3.05, 3.63) is 35.4 Å². The Bertz CT molecular complexity index is 578. The third kappa shape index (κ3) is 4.63. The lowest BCUT2D eigenvalue weighted by Crippen LogP contribution is -2.45. The van der Waals surface area contributed by atoms with Crippen molar-refractivity contribution in [3.63, 3.8) is 0 Å². The van der Waals surface area contributed by atoms with E-state index in [4.69, 9.17) is 4.74 Å². The van der Waals surface area contributed by atoms with E-state index in [1.807, 2.05) is 0 Å². The predicted molar refractivity (Wildman–Crippen MR) is 82.4 cm³/mol. The fourth-order valence-corrected chi connectivity index (χ4v) is 2.83. The first-order valence-electron chi connectivity index (χ1n) is 7.84. The molecule has 24 heavy (non-hydrogen) atoms. The fraction of sp³-hybridized carbons (Fsp3) is 0.588. The maximum atomic E-state index is 12.6. The highest BCUT2D eigenvalue weighted by Crippen LogP contribution is 2.32. The molecular formula is C17H22F3NO3. The van der Waals surface area contributed by atoms with Gasteiger partial charge in [0.25, 0.3) is 0 Å². The molecule has 7 heteroatoms.